The second-order valence-corrected chi connectivity index (χ2v) is 5.83. The average Bonchev–Trinajstić information content (AvgIpc) is 2.78. The molecule has 1 aromatic heterocycles. The Kier molecular flexibility index (Phi) is 4.36. The van der Waals surface area contributed by atoms with Crippen molar-refractivity contribution in [2.24, 2.45) is 0 Å². The number of hydrogen-bond acceptors (Lipinski definition) is 5. The minimum absolute atomic E-state index is 0.0457. The third-order valence-electron chi connectivity index (χ3n) is 2.41. The molecule has 2 rings (SSSR count). The lowest BCUT2D eigenvalue weighted by Gasteiger charge is -2.03. The molecule has 0 spiro atoms. The van der Waals surface area contributed by atoms with E-state index in [2.05, 4.69) is 15.9 Å². The summed E-state index contributed by atoms with van der Waals surface area (Å²) < 4.78 is 18.7. The van der Waals surface area contributed by atoms with E-state index in [-0.39, 0.29) is 21.0 Å². The zero-order chi connectivity index (χ0) is 14.9. The van der Waals surface area contributed by atoms with Crippen LogP contribution in [0.3, 0.4) is 0 Å². The van der Waals surface area contributed by atoms with Crippen molar-refractivity contribution in [1.29, 1.82) is 0 Å². The molecular weight excluding hydrogens is 353 g/mol. The Labute approximate surface area is 125 Å². The highest BCUT2D eigenvalue weighted by atomic mass is 79.9. The first-order chi connectivity index (χ1) is 9.38. The zero-order valence-corrected chi connectivity index (χ0v) is 12.6. The SMILES string of the molecule is C[C@@H](O)c1cc([N+](=O)[O-])c(Oc2ccc(F)c(Br)c2)s1. The molecule has 5 nitrogen and oxygen atoms in total. The van der Waals surface area contributed by atoms with Crippen LogP contribution in [0.5, 0.6) is 10.8 Å². The average molecular weight is 362 g/mol. The molecule has 0 aliphatic heterocycles. The quantitative estimate of drug-likeness (QED) is 0.646. The van der Waals surface area contributed by atoms with Crippen LogP contribution in [0.4, 0.5) is 10.1 Å². The van der Waals surface area contributed by atoms with E-state index in [0.29, 0.717) is 4.88 Å². The van der Waals surface area contributed by atoms with Crippen molar-refractivity contribution >= 4 is 33.0 Å². The predicted molar refractivity (Wildman–Crippen MR) is 75.8 cm³/mol. The summed E-state index contributed by atoms with van der Waals surface area (Å²) in [7, 11) is 0. The minimum Gasteiger partial charge on any atom is -0.440 e. The van der Waals surface area contributed by atoms with Crippen molar-refractivity contribution in [2.45, 2.75) is 13.0 Å². The maximum Gasteiger partial charge on any atom is 0.323 e. The van der Waals surface area contributed by atoms with E-state index in [4.69, 9.17) is 4.74 Å². The Morgan fingerprint density at radius 1 is 1.50 bits per heavy atom. The molecule has 1 atom stereocenters. The van der Waals surface area contributed by atoms with Gasteiger partial charge in [0.05, 0.1) is 15.5 Å². The fourth-order valence-electron chi connectivity index (χ4n) is 1.44. The van der Waals surface area contributed by atoms with E-state index in [1.807, 2.05) is 0 Å². The molecule has 0 saturated heterocycles. The highest BCUT2D eigenvalue weighted by Gasteiger charge is 2.23. The molecule has 0 radical (unpaired) electrons. The number of ether oxygens (including phenoxy) is 1. The lowest BCUT2D eigenvalue weighted by Crippen LogP contribution is -1.90. The Balaban J connectivity index is 2.36. The first kappa shape index (κ1) is 14.9. The van der Waals surface area contributed by atoms with Gasteiger partial charge in [0.15, 0.2) is 0 Å². The summed E-state index contributed by atoms with van der Waals surface area (Å²) in [5, 5.41) is 20.5. The van der Waals surface area contributed by atoms with Crippen LogP contribution < -0.4 is 4.74 Å². The Hall–Kier alpha value is -1.51. The number of nitrogens with zero attached hydrogens (tertiary/aromatic N) is 1. The Morgan fingerprint density at radius 3 is 2.75 bits per heavy atom. The molecule has 0 amide bonds. The topological polar surface area (TPSA) is 72.6 Å². The monoisotopic (exact) mass is 361 g/mol. The van der Waals surface area contributed by atoms with Crippen LogP contribution in [0, 0.1) is 15.9 Å². The molecule has 1 heterocycles. The van der Waals surface area contributed by atoms with Crippen LogP contribution >= 0.6 is 27.3 Å². The molecular formula is C12H9BrFNO4S. The molecule has 0 aliphatic rings. The van der Waals surface area contributed by atoms with Gasteiger partial charge in [0.25, 0.3) is 5.06 Å². The van der Waals surface area contributed by atoms with Crippen LogP contribution in [-0.2, 0) is 0 Å². The lowest BCUT2D eigenvalue weighted by atomic mass is 10.3. The van der Waals surface area contributed by atoms with E-state index in [1.165, 1.54) is 31.2 Å². The Bertz CT molecular complexity index is 659. The standard InChI is InChI=1S/C12H9BrFNO4S/c1-6(16)11-5-10(15(17)18)12(20-11)19-7-2-3-9(14)8(13)4-7/h2-6,16H,1H3/t6-/m1/s1. The number of halogens is 2. The van der Waals surface area contributed by atoms with Crippen molar-refractivity contribution in [3.8, 4) is 10.8 Å². The van der Waals surface area contributed by atoms with Crippen molar-refractivity contribution in [3.63, 3.8) is 0 Å². The number of nitro groups is 1. The summed E-state index contributed by atoms with van der Waals surface area (Å²) in [6.45, 7) is 1.51. The summed E-state index contributed by atoms with van der Waals surface area (Å²) >= 11 is 3.99. The molecule has 2 aromatic rings. The largest absolute Gasteiger partial charge is 0.440 e. The van der Waals surface area contributed by atoms with E-state index in [1.54, 1.807) is 0 Å². The van der Waals surface area contributed by atoms with E-state index in [0.717, 1.165) is 11.3 Å². The summed E-state index contributed by atoms with van der Waals surface area (Å²) in [4.78, 5) is 10.8. The molecule has 0 bridgehead atoms. The van der Waals surface area contributed by atoms with Gasteiger partial charge in [-0.25, -0.2) is 4.39 Å². The van der Waals surface area contributed by atoms with Crippen molar-refractivity contribution < 1.29 is 19.2 Å². The summed E-state index contributed by atoms with van der Waals surface area (Å²) in [5.41, 5.74) is -0.230. The first-order valence-corrected chi connectivity index (χ1v) is 7.08. The smallest absolute Gasteiger partial charge is 0.323 e. The van der Waals surface area contributed by atoms with Gasteiger partial charge in [0, 0.05) is 10.9 Å². The van der Waals surface area contributed by atoms with Crippen LogP contribution in [0.25, 0.3) is 0 Å². The fraction of sp³-hybridized carbons (Fsp3) is 0.167. The van der Waals surface area contributed by atoms with Gasteiger partial charge in [0.1, 0.15) is 11.6 Å². The van der Waals surface area contributed by atoms with E-state index in [9.17, 15) is 19.6 Å². The van der Waals surface area contributed by atoms with Gasteiger partial charge >= 0.3 is 5.69 Å². The Morgan fingerprint density at radius 2 is 2.20 bits per heavy atom. The maximum atomic E-state index is 13.1. The van der Waals surface area contributed by atoms with Crippen molar-refractivity contribution in [2.75, 3.05) is 0 Å². The molecule has 0 aliphatic carbocycles. The first-order valence-electron chi connectivity index (χ1n) is 5.47. The summed E-state index contributed by atoms with van der Waals surface area (Å²) in [6.07, 6.45) is -0.823. The third-order valence-corrected chi connectivity index (χ3v) is 4.19. The summed E-state index contributed by atoms with van der Waals surface area (Å²) in [5.74, 6) is -0.192. The molecule has 0 fully saturated rings. The number of aliphatic hydroxyl groups excluding tert-OH is 1. The lowest BCUT2D eigenvalue weighted by molar-refractivity contribution is -0.385. The molecule has 1 N–H and O–H groups in total. The van der Waals surface area contributed by atoms with E-state index < -0.39 is 16.8 Å². The molecule has 20 heavy (non-hydrogen) atoms. The second-order valence-electron chi connectivity index (χ2n) is 3.93. The predicted octanol–water partition coefficient (Wildman–Crippen LogP) is 4.40. The minimum atomic E-state index is -0.823. The van der Waals surface area contributed by atoms with Gasteiger partial charge in [-0.1, -0.05) is 11.3 Å². The van der Waals surface area contributed by atoms with Gasteiger partial charge in [0.2, 0.25) is 0 Å². The number of aliphatic hydroxyl groups is 1. The normalized spacial score (nSPS) is 12.2. The van der Waals surface area contributed by atoms with Crippen LogP contribution in [0.1, 0.15) is 17.9 Å². The second kappa shape index (κ2) is 5.86. The van der Waals surface area contributed by atoms with E-state index >= 15 is 0 Å². The highest BCUT2D eigenvalue weighted by Crippen LogP contribution is 2.42. The van der Waals surface area contributed by atoms with Gasteiger partial charge in [-0.15, -0.1) is 0 Å². The van der Waals surface area contributed by atoms with Crippen molar-refractivity contribution in [3.05, 3.63) is 49.5 Å². The van der Waals surface area contributed by atoms with Gasteiger partial charge in [-0.3, -0.25) is 10.1 Å². The maximum absolute atomic E-state index is 13.1. The van der Waals surface area contributed by atoms with Gasteiger partial charge in [-0.2, -0.15) is 0 Å². The highest BCUT2D eigenvalue weighted by molar-refractivity contribution is 9.10. The van der Waals surface area contributed by atoms with Crippen molar-refractivity contribution in [1.82, 2.24) is 0 Å². The molecule has 8 heteroatoms. The third kappa shape index (κ3) is 3.14. The van der Waals surface area contributed by atoms with Gasteiger partial charge < -0.3 is 9.84 Å². The summed E-state index contributed by atoms with van der Waals surface area (Å²) in [6, 6.07) is 5.20. The van der Waals surface area contributed by atoms with Gasteiger partial charge in [-0.05, 0) is 41.1 Å². The number of rotatable bonds is 4. The number of hydrogen-bond donors (Lipinski definition) is 1. The number of benzene rings is 1. The number of thiophene rings is 1. The molecule has 1 aromatic carbocycles. The molecule has 0 saturated carbocycles. The fourth-order valence-corrected chi connectivity index (χ4v) is 2.72. The molecule has 0 unspecified atom stereocenters. The van der Waals surface area contributed by atoms with Crippen LogP contribution in [-0.4, -0.2) is 10.0 Å². The molecule has 106 valence electrons. The van der Waals surface area contributed by atoms with Crippen LogP contribution in [0.2, 0.25) is 0 Å². The van der Waals surface area contributed by atoms with Crippen LogP contribution in [0.15, 0.2) is 28.7 Å². The zero-order valence-electron chi connectivity index (χ0n) is 10.2.